The van der Waals surface area contributed by atoms with Gasteiger partial charge in [0.05, 0.1) is 6.61 Å². The minimum Gasteiger partial charge on any atom is -0.461 e. The third kappa shape index (κ3) is 3.34. The number of nitrogens with zero attached hydrogens (tertiary/aromatic N) is 4. The van der Waals surface area contributed by atoms with E-state index in [0.717, 1.165) is 10.7 Å². The molecule has 0 N–H and O–H groups in total. The molecule has 0 bridgehead atoms. The fourth-order valence-corrected chi connectivity index (χ4v) is 2.33. The predicted octanol–water partition coefficient (Wildman–Crippen LogP) is 3.44. The number of carbonyl (C=O) groups is 1. The highest BCUT2D eigenvalue weighted by molar-refractivity contribution is 6.29. The van der Waals surface area contributed by atoms with Crippen molar-refractivity contribution in [3.63, 3.8) is 0 Å². The molecule has 9 heteroatoms. The quantitative estimate of drug-likeness (QED) is 0.524. The molecule has 0 radical (unpaired) electrons. The molecule has 0 atom stereocenters. The second kappa shape index (κ2) is 6.94. The van der Waals surface area contributed by atoms with Gasteiger partial charge in [-0.25, -0.2) is 23.2 Å². The number of aromatic nitrogens is 4. The number of benzene rings is 1. The van der Waals surface area contributed by atoms with Gasteiger partial charge in [0.15, 0.2) is 11.5 Å². The molecular formula is C16H11ClF2N4O2. The number of rotatable bonds is 4. The standard InChI is InChI=1S/C16H11ClF2N4O2/c1-2-25-16(24)14-15(9-3-6-13(17)20-8-9)23(22-21-14)12-5-4-10(18)7-11(12)19/h3-8H,2H2,1H3. The first kappa shape index (κ1) is 17.0. The van der Waals surface area contributed by atoms with E-state index >= 15 is 0 Å². The maximum absolute atomic E-state index is 14.2. The highest BCUT2D eigenvalue weighted by atomic mass is 35.5. The number of hydrogen-bond donors (Lipinski definition) is 0. The van der Waals surface area contributed by atoms with Crippen molar-refractivity contribution in [1.82, 2.24) is 20.0 Å². The molecule has 0 aliphatic carbocycles. The van der Waals surface area contributed by atoms with E-state index < -0.39 is 17.6 Å². The van der Waals surface area contributed by atoms with Crippen LogP contribution in [-0.2, 0) is 4.74 Å². The van der Waals surface area contributed by atoms with Crippen LogP contribution >= 0.6 is 11.6 Å². The lowest BCUT2D eigenvalue weighted by Gasteiger charge is -2.09. The van der Waals surface area contributed by atoms with Crippen LogP contribution in [0.5, 0.6) is 0 Å². The zero-order valence-electron chi connectivity index (χ0n) is 12.9. The summed E-state index contributed by atoms with van der Waals surface area (Å²) in [4.78, 5) is 16.1. The normalized spacial score (nSPS) is 10.7. The van der Waals surface area contributed by atoms with Crippen LogP contribution in [0.25, 0.3) is 16.9 Å². The summed E-state index contributed by atoms with van der Waals surface area (Å²) in [6.07, 6.45) is 1.39. The molecule has 3 rings (SSSR count). The van der Waals surface area contributed by atoms with Gasteiger partial charge in [-0.3, -0.25) is 0 Å². The van der Waals surface area contributed by atoms with Crippen LogP contribution in [0, 0.1) is 11.6 Å². The summed E-state index contributed by atoms with van der Waals surface area (Å²) < 4.78 is 33.4. The zero-order chi connectivity index (χ0) is 18.0. The molecule has 128 valence electrons. The lowest BCUT2D eigenvalue weighted by molar-refractivity contribution is 0.0520. The molecule has 3 aromatic rings. The van der Waals surface area contributed by atoms with Crippen LogP contribution in [0.4, 0.5) is 8.78 Å². The summed E-state index contributed by atoms with van der Waals surface area (Å²) >= 11 is 5.78. The summed E-state index contributed by atoms with van der Waals surface area (Å²) in [6, 6.07) is 6.07. The third-order valence-electron chi connectivity index (χ3n) is 3.28. The second-order valence-electron chi connectivity index (χ2n) is 4.88. The van der Waals surface area contributed by atoms with Crippen molar-refractivity contribution in [1.29, 1.82) is 0 Å². The van der Waals surface area contributed by atoms with Gasteiger partial charge in [0.2, 0.25) is 0 Å². The Hall–Kier alpha value is -2.87. The molecule has 6 nitrogen and oxygen atoms in total. The van der Waals surface area contributed by atoms with Crippen LogP contribution in [-0.4, -0.2) is 32.6 Å². The zero-order valence-corrected chi connectivity index (χ0v) is 13.7. The first-order valence-electron chi connectivity index (χ1n) is 7.21. The van der Waals surface area contributed by atoms with Crippen LogP contribution in [0.1, 0.15) is 17.4 Å². The molecule has 0 fully saturated rings. The van der Waals surface area contributed by atoms with E-state index in [1.54, 1.807) is 13.0 Å². The molecule has 0 aliphatic rings. The van der Waals surface area contributed by atoms with Crippen molar-refractivity contribution in [2.75, 3.05) is 6.61 Å². The highest BCUT2D eigenvalue weighted by Crippen LogP contribution is 2.27. The average molecular weight is 365 g/mol. The van der Waals surface area contributed by atoms with E-state index in [1.165, 1.54) is 18.3 Å². The minimum atomic E-state index is -0.858. The van der Waals surface area contributed by atoms with Crippen LogP contribution < -0.4 is 0 Å². The summed E-state index contributed by atoms with van der Waals surface area (Å²) in [5.41, 5.74) is 0.387. The number of halogens is 3. The predicted molar refractivity (Wildman–Crippen MR) is 85.5 cm³/mol. The molecule has 2 heterocycles. The molecule has 0 unspecified atom stereocenters. The lowest BCUT2D eigenvalue weighted by Crippen LogP contribution is -2.08. The topological polar surface area (TPSA) is 69.9 Å². The Balaban J connectivity index is 2.22. The van der Waals surface area contributed by atoms with Crippen LogP contribution in [0.3, 0.4) is 0 Å². The largest absolute Gasteiger partial charge is 0.461 e. The molecule has 2 aromatic heterocycles. The maximum Gasteiger partial charge on any atom is 0.361 e. The van der Waals surface area contributed by atoms with Gasteiger partial charge in [0, 0.05) is 17.8 Å². The van der Waals surface area contributed by atoms with Gasteiger partial charge in [-0.15, -0.1) is 5.10 Å². The van der Waals surface area contributed by atoms with Gasteiger partial charge in [-0.2, -0.15) is 0 Å². The van der Waals surface area contributed by atoms with Gasteiger partial charge in [0.25, 0.3) is 0 Å². The van der Waals surface area contributed by atoms with Gasteiger partial charge < -0.3 is 4.74 Å². The van der Waals surface area contributed by atoms with Crippen LogP contribution in [0.15, 0.2) is 36.5 Å². The van der Waals surface area contributed by atoms with E-state index in [0.29, 0.717) is 11.6 Å². The second-order valence-corrected chi connectivity index (χ2v) is 5.27. The number of carbonyl (C=O) groups excluding carboxylic acids is 1. The van der Waals surface area contributed by atoms with Crippen molar-refractivity contribution in [2.45, 2.75) is 6.92 Å². The van der Waals surface area contributed by atoms with Crippen molar-refractivity contribution >= 4 is 17.6 Å². The Morgan fingerprint density at radius 3 is 2.72 bits per heavy atom. The number of esters is 1. The van der Waals surface area contributed by atoms with Crippen molar-refractivity contribution < 1.29 is 18.3 Å². The minimum absolute atomic E-state index is 0.0746. The van der Waals surface area contributed by atoms with E-state index in [-0.39, 0.29) is 28.8 Å². The smallest absolute Gasteiger partial charge is 0.361 e. The number of hydrogen-bond acceptors (Lipinski definition) is 5. The highest BCUT2D eigenvalue weighted by Gasteiger charge is 2.24. The summed E-state index contributed by atoms with van der Waals surface area (Å²) in [5.74, 6) is -2.31. The summed E-state index contributed by atoms with van der Waals surface area (Å²) in [7, 11) is 0. The molecule has 0 amide bonds. The molecule has 0 spiro atoms. The Kier molecular flexibility index (Phi) is 4.71. The van der Waals surface area contributed by atoms with Gasteiger partial charge in [0.1, 0.15) is 22.4 Å². The van der Waals surface area contributed by atoms with E-state index in [9.17, 15) is 13.6 Å². The van der Waals surface area contributed by atoms with Crippen molar-refractivity contribution in [3.8, 4) is 16.9 Å². The summed E-state index contributed by atoms with van der Waals surface area (Å²) in [6.45, 7) is 1.78. The summed E-state index contributed by atoms with van der Waals surface area (Å²) in [5, 5.41) is 7.86. The fourth-order valence-electron chi connectivity index (χ4n) is 2.22. The number of pyridine rings is 1. The molecule has 1 aromatic carbocycles. The van der Waals surface area contributed by atoms with Crippen LogP contribution in [0.2, 0.25) is 5.15 Å². The molecule has 0 saturated heterocycles. The van der Waals surface area contributed by atoms with Crippen molar-refractivity contribution in [3.05, 3.63) is 59.0 Å². The van der Waals surface area contributed by atoms with Crippen molar-refractivity contribution in [2.24, 2.45) is 0 Å². The SMILES string of the molecule is CCOC(=O)c1nnn(-c2ccc(F)cc2F)c1-c1ccc(Cl)nc1. The molecule has 0 saturated carbocycles. The molecular weight excluding hydrogens is 354 g/mol. The lowest BCUT2D eigenvalue weighted by atomic mass is 10.1. The average Bonchev–Trinajstić information content (AvgIpc) is 3.00. The Labute approximate surface area is 146 Å². The van der Waals surface area contributed by atoms with E-state index in [4.69, 9.17) is 16.3 Å². The van der Waals surface area contributed by atoms with Gasteiger partial charge >= 0.3 is 5.97 Å². The van der Waals surface area contributed by atoms with Gasteiger partial charge in [-0.05, 0) is 31.2 Å². The maximum atomic E-state index is 14.2. The van der Waals surface area contributed by atoms with E-state index in [1.807, 2.05) is 0 Å². The van der Waals surface area contributed by atoms with E-state index in [2.05, 4.69) is 15.3 Å². The fraction of sp³-hybridized carbons (Fsp3) is 0.125. The monoisotopic (exact) mass is 364 g/mol. The third-order valence-corrected chi connectivity index (χ3v) is 3.50. The number of ether oxygens (including phenoxy) is 1. The Morgan fingerprint density at radius 1 is 1.28 bits per heavy atom. The molecule has 25 heavy (non-hydrogen) atoms. The van der Waals surface area contributed by atoms with Gasteiger partial charge in [-0.1, -0.05) is 16.8 Å². The Morgan fingerprint density at radius 2 is 2.08 bits per heavy atom. The first-order chi connectivity index (χ1) is 12.0. The Bertz CT molecular complexity index is 928. The first-order valence-corrected chi connectivity index (χ1v) is 7.59. The molecule has 0 aliphatic heterocycles.